The second-order valence-electron chi connectivity index (χ2n) is 5.26. The maximum Gasteiger partial charge on any atom is 0.433 e. The van der Waals surface area contributed by atoms with Crippen LogP contribution in [0.1, 0.15) is 17.0 Å². The number of halogens is 3. The molecule has 3 aromatic rings. The molecule has 0 saturated carbocycles. The van der Waals surface area contributed by atoms with Gasteiger partial charge in [-0.05, 0) is 25.1 Å². The van der Waals surface area contributed by atoms with Gasteiger partial charge in [-0.15, -0.1) is 0 Å². The topological polar surface area (TPSA) is 51.0 Å². The van der Waals surface area contributed by atoms with Crippen molar-refractivity contribution in [3.8, 4) is 11.3 Å². The summed E-state index contributed by atoms with van der Waals surface area (Å²) in [6.07, 6.45) is -3.06. The van der Waals surface area contributed by atoms with Gasteiger partial charge >= 0.3 is 6.18 Å². The number of aromatic nitrogens is 2. The minimum atomic E-state index is -4.55. The number of nitrogens with one attached hydrogen (secondary N) is 1. The molecule has 0 aliphatic heterocycles. The molecule has 1 N–H and O–H groups in total. The number of nitrogens with zero attached hydrogens (tertiary/aromatic N) is 2. The molecule has 0 amide bonds. The van der Waals surface area contributed by atoms with E-state index in [2.05, 4.69) is 15.3 Å². The van der Waals surface area contributed by atoms with Gasteiger partial charge in [-0.2, -0.15) is 13.2 Å². The Bertz CT molecular complexity index is 812. The lowest BCUT2D eigenvalue weighted by Gasteiger charge is -2.11. The molecule has 1 aromatic carbocycles. The fraction of sp³-hybridized carbons (Fsp3) is 0.176. The summed E-state index contributed by atoms with van der Waals surface area (Å²) >= 11 is 0. The fourth-order valence-electron chi connectivity index (χ4n) is 2.12. The van der Waals surface area contributed by atoms with Gasteiger partial charge in [0, 0.05) is 5.56 Å². The van der Waals surface area contributed by atoms with Gasteiger partial charge in [0.05, 0.1) is 18.5 Å². The molecular formula is C17H14F3N3O. The first-order valence-corrected chi connectivity index (χ1v) is 7.21. The minimum absolute atomic E-state index is 0.100. The average Bonchev–Trinajstić information content (AvgIpc) is 3.06. The third-order valence-electron chi connectivity index (χ3n) is 3.36. The third-order valence-corrected chi connectivity index (χ3v) is 3.36. The van der Waals surface area contributed by atoms with Crippen molar-refractivity contribution in [2.75, 3.05) is 5.32 Å². The van der Waals surface area contributed by atoms with Crippen molar-refractivity contribution < 1.29 is 17.6 Å². The molecule has 2 aromatic heterocycles. The van der Waals surface area contributed by atoms with E-state index < -0.39 is 11.9 Å². The number of furan rings is 1. The molecule has 0 fully saturated rings. The van der Waals surface area contributed by atoms with Crippen LogP contribution in [0.25, 0.3) is 11.3 Å². The minimum Gasteiger partial charge on any atom is -0.467 e. The van der Waals surface area contributed by atoms with Crippen LogP contribution >= 0.6 is 0 Å². The zero-order chi connectivity index (χ0) is 17.2. The normalized spacial score (nSPS) is 11.5. The molecule has 0 spiro atoms. The Morgan fingerprint density at radius 2 is 1.83 bits per heavy atom. The Balaban J connectivity index is 1.95. The zero-order valence-corrected chi connectivity index (χ0v) is 12.8. The molecule has 0 radical (unpaired) electrons. The first kappa shape index (κ1) is 16.0. The van der Waals surface area contributed by atoms with Crippen LogP contribution in [0.4, 0.5) is 19.1 Å². The van der Waals surface area contributed by atoms with Crippen molar-refractivity contribution in [3.05, 3.63) is 65.7 Å². The van der Waals surface area contributed by atoms with Gasteiger partial charge in [-0.3, -0.25) is 0 Å². The first-order valence-electron chi connectivity index (χ1n) is 7.21. The summed E-state index contributed by atoms with van der Waals surface area (Å²) in [7, 11) is 0. The third kappa shape index (κ3) is 3.73. The maximum absolute atomic E-state index is 13.1. The highest BCUT2D eigenvalue weighted by molar-refractivity contribution is 5.61. The van der Waals surface area contributed by atoms with Crippen molar-refractivity contribution in [1.82, 2.24) is 9.97 Å². The second kappa shape index (κ2) is 6.35. The number of benzene rings is 1. The van der Waals surface area contributed by atoms with Gasteiger partial charge in [0.25, 0.3) is 0 Å². The number of rotatable bonds is 4. The van der Waals surface area contributed by atoms with Crippen molar-refractivity contribution in [1.29, 1.82) is 0 Å². The molecule has 2 heterocycles. The van der Waals surface area contributed by atoms with Gasteiger partial charge in [0.2, 0.25) is 5.95 Å². The molecule has 0 atom stereocenters. The fourth-order valence-corrected chi connectivity index (χ4v) is 2.12. The first-order chi connectivity index (χ1) is 11.4. The lowest BCUT2D eigenvalue weighted by Crippen LogP contribution is -2.12. The summed E-state index contributed by atoms with van der Waals surface area (Å²) in [6, 6.07) is 11.5. The van der Waals surface area contributed by atoms with E-state index in [1.54, 1.807) is 24.3 Å². The standard InChI is InChI=1S/C17H14F3N3O/c1-11-4-6-12(7-5-11)14-9-15(17(18,19)20)23-16(22-14)21-10-13-3-2-8-24-13/h2-9H,10H2,1H3,(H,21,22,23). The number of hydrogen-bond donors (Lipinski definition) is 1. The monoisotopic (exact) mass is 333 g/mol. The molecule has 24 heavy (non-hydrogen) atoms. The Morgan fingerprint density at radius 3 is 2.46 bits per heavy atom. The highest BCUT2D eigenvalue weighted by Crippen LogP contribution is 2.31. The predicted molar refractivity (Wildman–Crippen MR) is 83.2 cm³/mol. The molecule has 0 bridgehead atoms. The van der Waals surface area contributed by atoms with Crippen LogP contribution in [0, 0.1) is 6.92 Å². The van der Waals surface area contributed by atoms with Crippen LogP contribution in [-0.4, -0.2) is 9.97 Å². The highest BCUT2D eigenvalue weighted by atomic mass is 19.4. The smallest absolute Gasteiger partial charge is 0.433 e. The Hall–Kier alpha value is -2.83. The Labute approximate surface area is 136 Å². The van der Waals surface area contributed by atoms with Crippen LogP contribution in [0.3, 0.4) is 0 Å². The number of aryl methyl sites for hydroxylation is 1. The maximum atomic E-state index is 13.1. The number of alkyl halides is 3. The van der Waals surface area contributed by atoms with E-state index in [-0.39, 0.29) is 18.2 Å². The van der Waals surface area contributed by atoms with Crippen LogP contribution < -0.4 is 5.32 Å². The van der Waals surface area contributed by atoms with E-state index in [1.165, 1.54) is 6.26 Å². The van der Waals surface area contributed by atoms with E-state index in [0.717, 1.165) is 11.6 Å². The summed E-state index contributed by atoms with van der Waals surface area (Å²) in [5.74, 6) is 0.477. The van der Waals surface area contributed by atoms with Crippen LogP contribution in [-0.2, 0) is 12.7 Å². The van der Waals surface area contributed by atoms with Gasteiger partial charge in [0.15, 0.2) is 5.69 Å². The summed E-state index contributed by atoms with van der Waals surface area (Å²) in [5, 5.41) is 2.77. The largest absolute Gasteiger partial charge is 0.467 e. The molecule has 124 valence electrons. The van der Waals surface area contributed by atoms with Crippen LogP contribution in [0.15, 0.2) is 53.1 Å². The predicted octanol–water partition coefficient (Wildman–Crippen LogP) is 4.68. The van der Waals surface area contributed by atoms with Crippen LogP contribution in [0.5, 0.6) is 0 Å². The van der Waals surface area contributed by atoms with Gasteiger partial charge in [0.1, 0.15) is 5.76 Å². The number of hydrogen-bond acceptors (Lipinski definition) is 4. The van der Waals surface area contributed by atoms with Crippen molar-refractivity contribution in [2.24, 2.45) is 0 Å². The summed E-state index contributed by atoms with van der Waals surface area (Å²) in [4.78, 5) is 7.74. The summed E-state index contributed by atoms with van der Waals surface area (Å²) in [5.41, 5.74) is 0.823. The molecule has 0 saturated heterocycles. The molecule has 4 nitrogen and oxygen atoms in total. The number of anilines is 1. The molecule has 0 unspecified atom stereocenters. The zero-order valence-electron chi connectivity index (χ0n) is 12.8. The molecule has 0 aliphatic carbocycles. The summed E-state index contributed by atoms with van der Waals surface area (Å²) < 4.78 is 44.5. The van der Waals surface area contributed by atoms with Gasteiger partial charge in [-0.1, -0.05) is 29.8 Å². The van der Waals surface area contributed by atoms with E-state index >= 15 is 0 Å². The average molecular weight is 333 g/mol. The summed E-state index contributed by atoms with van der Waals surface area (Å²) in [6.45, 7) is 2.10. The van der Waals surface area contributed by atoms with Crippen molar-refractivity contribution >= 4 is 5.95 Å². The quantitative estimate of drug-likeness (QED) is 0.753. The molecule has 7 heteroatoms. The van der Waals surface area contributed by atoms with Crippen molar-refractivity contribution in [2.45, 2.75) is 19.6 Å². The Morgan fingerprint density at radius 1 is 1.08 bits per heavy atom. The lowest BCUT2D eigenvalue weighted by atomic mass is 10.1. The van der Waals surface area contributed by atoms with Crippen LogP contribution in [0.2, 0.25) is 0 Å². The molecule has 0 aliphatic rings. The van der Waals surface area contributed by atoms with E-state index in [4.69, 9.17) is 4.42 Å². The Kier molecular flexibility index (Phi) is 4.24. The molecule has 3 rings (SSSR count). The highest BCUT2D eigenvalue weighted by Gasteiger charge is 2.33. The molecular weight excluding hydrogens is 319 g/mol. The second-order valence-corrected chi connectivity index (χ2v) is 5.26. The van der Waals surface area contributed by atoms with E-state index in [1.807, 2.05) is 19.1 Å². The van der Waals surface area contributed by atoms with E-state index in [0.29, 0.717) is 11.3 Å². The van der Waals surface area contributed by atoms with E-state index in [9.17, 15) is 13.2 Å². The van der Waals surface area contributed by atoms with Crippen molar-refractivity contribution in [3.63, 3.8) is 0 Å². The lowest BCUT2D eigenvalue weighted by molar-refractivity contribution is -0.141. The van der Waals surface area contributed by atoms with Gasteiger partial charge in [-0.25, -0.2) is 9.97 Å². The van der Waals surface area contributed by atoms with Gasteiger partial charge < -0.3 is 9.73 Å². The SMILES string of the molecule is Cc1ccc(-c2cc(C(F)(F)F)nc(NCc3ccco3)n2)cc1.